The summed E-state index contributed by atoms with van der Waals surface area (Å²) < 4.78 is 0. The van der Waals surface area contributed by atoms with Crippen molar-refractivity contribution in [3.8, 4) is 16.9 Å². The Morgan fingerprint density at radius 3 is 2.07 bits per heavy atom. The summed E-state index contributed by atoms with van der Waals surface area (Å²) in [5, 5.41) is 40.3. The number of fused-ring (bicyclic) bond motifs is 5. The zero-order valence-electron chi connectivity index (χ0n) is 33.8. The number of aryl methyl sites for hydroxylation is 1. The smallest absolute Gasteiger partial charge is 0.243 e. The molecule has 3 rings (SSSR count). The second kappa shape index (κ2) is 24.1. The highest BCUT2D eigenvalue weighted by Crippen LogP contribution is 2.29. The van der Waals surface area contributed by atoms with E-state index < -0.39 is 41.9 Å². The van der Waals surface area contributed by atoms with Crippen LogP contribution in [0.15, 0.2) is 36.4 Å². The summed E-state index contributed by atoms with van der Waals surface area (Å²) in [6.45, 7) is 4.13. The van der Waals surface area contributed by atoms with Gasteiger partial charge in [0.1, 0.15) is 23.9 Å². The van der Waals surface area contributed by atoms with Crippen molar-refractivity contribution in [1.29, 1.82) is 0 Å². The first kappa shape index (κ1) is 45.8. The fourth-order valence-electron chi connectivity index (χ4n) is 6.57. The third kappa shape index (κ3) is 14.2. The molecule has 1 aliphatic heterocycles. The van der Waals surface area contributed by atoms with E-state index in [1.165, 1.54) is 0 Å². The van der Waals surface area contributed by atoms with Gasteiger partial charge in [-0.3, -0.25) is 24.0 Å². The van der Waals surface area contributed by atoms with Crippen LogP contribution in [0.4, 0.5) is 0 Å². The first-order chi connectivity index (χ1) is 26.9. The number of amides is 5. The predicted molar refractivity (Wildman–Crippen MR) is 218 cm³/mol. The molecule has 5 amide bonds. The number of phenolic OH excluding ortho intramolecular Hbond substituents is 1. The van der Waals surface area contributed by atoms with Crippen molar-refractivity contribution in [2.24, 2.45) is 0 Å². The Labute approximate surface area is 331 Å². The molecule has 16 nitrogen and oxygen atoms in total. The number of nitrogens with one attached hydrogen (secondary N) is 10. The monoisotopic (exact) mass is 781 g/mol. The van der Waals surface area contributed by atoms with Crippen molar-refractivity contribution < 1.29 is 29.1 Å². The van der Waals surface area contributed by atoms with Gasteiger partial charge in [-0.15, -0.1) is 0 Å². The molecular weight excluding hydrogens is 717 g/mol. The molecule has 0 saturated carbocycles. The molecule has 2 aromatic carbocycles. The van der Waals surface area contributed by atoms with Crippen LogP contribution >= 0.6 is 0 Å². The average molecular weight is 781 g/mol. The molecule has 4 bridgehead atoms. The van der Waals surface area contributed by atoms with Gasteiger partial charge in [-0.25, -0.2) is 0 Å². The summed E-state index contributed by atoms with van der Waals surface area (Å²) in [4.78, 5) is 67.0. The van der Waals surface area contributed by atoms with E-state index in [-0.39, 0.29) is 43.0 Å². The SMILES string of the molecule is CNCCC[C@@H]1NC(=O)[C@@H](NC)Cc2cc(ccc2O)-c2ccc(C)c(c2)C[C@@H](C(=O)NC[C@H](NC)C(=O)NCCCC[C@H](NC)C(=O)NCCNC)NC1=O. The van der Waals surface area contributed by atoms with Crippen molar-refractivity contribution in [3.05, 3.63) is 53.1 Å². The molecule has 1 aliphatic rings. The van der Waals surface area contributed by atoms with Gasteiger partial charge in [0.05, 0.1) is 12.1 Å². The fourth-order valence-corrected chi connectivity index (χ4v) is 6.57. The normalized spacial score (nSPS) is 18.4. The maximum absolute atomic E-state index is 14.0. The van der Waals surface area contributed by atoms with Gasteiger partial charge in [-0.2, -0.15) is 0 Å². The molecule has 0 fully saturated rings. The van der Waals surface area contributed by atoms with E-state index in [0.29, 0.717) is 63.8 Å². The lowest BCUT2D eigenvalue weighted by Crippen LogP contribution is -2.58. The van der Waals surface area contributed by atoms with Crippen molar-refractivity contribution in [1.82, 2.24) is 53.2 Å². The minimum Gasteiger partial charge on any atom is -0.508 e. The molecule has 16 heteroatoms. The van der Waals surface area contributed by atoms with Gasteiger partial charge in [0.2, 0.25) is 29.5 Å². The van der Waals surface area contributed by atoms with E-state index in [9.17, 15) is 29.1 Å². The quantitative estimate of drug-likeness (QED) is 0.0727. The molecule has 0 saturated heterocycles. The van der Waals surface area contributed by atoms with Crippen LogP contribution < -0.4 is 53.2 Å². The van der Waals surface area contributed by atoms with Gasteiger partial charge in [-0.1, -0.05) is 24.3 Å². The summed E-state index contributed by atoms with van der Waals surface area (Å²) in [5.41, 5.74) is 4.00. The lowest BCUT2D eigenvalue weighted by Gasteiger charge is -2.26. The predicted octanol–water partition coefficient (Wildman–Crippen LogP) is -1.06. The van der Waals surface area contributed by atoms with Gasteiger partial charge >= 0.3 is 0 Å². The van der Waals surface area contributed by atoms with Gasteiger partial charge in [0, 0.05) is 39.0 Å². The van der Waals surface area contributed by atoms with Crippen LogP contribution in [-0.4, -0.2) is 133 Å². The second-order valence-corrected chi connectivity index (χ2v) is 14.2. The Kier molecular flexibility index (Phi) is 19.7. The van der Waals surface area contributed by atoms with Crippen molar-refractivity contribution >= 4 is 29.5 Å². The van der Waals surface area contributed by atoms with Crippen LogP contribution in [0, 0.1) is 6.92 Å². The van der Waals surface area contributed by atoms with Crippen molar-refractivity contribution in [3.63, 3.8) is 0 Å². The van der Waals surface area contributed by atoms with Crippen LogP contribution in [0.1, 0.15) is 48.8 Å². The maximum atomic E-state index is 14.0. The molecule has 56 heavy (non-hydrogen) atoms. The summed E-state index contributed by atoms with van der Waals surface area (Å²) in [6, 6.07) is 7.36. The first-order valence-corrected chi connectivity index (χ1v) is 19.6. The van der Waals surface area contributed by atoms with E-state index in [4.69, 9.17) is 0 Å². The third-order valence-corrected chi connectivity index (χ3v) is 10.2. The topological polar surface area (TPSA) is 226 Å². The molecule has 0 aromatic heterocycles. The summed E-state index contributed by atoms with van der Waals surface area (Å²) in [6.07, 6.45) is 3.23. The number of phenols is 1. The third-order valence-electron chi connectivity index (χ3n) is 10.2. The molecule has 310 valence electrons. The lowest BCUT2D eigenvalue weighted by atomic mass is 9.93. The molecular formula is C40H64N10O6. The zero-order chi connectivity index (χ0) is 41.0. The van der Waals surface area contributed by atoms with Crippen LogP contribution in [0.2, 0.25) is 0 Å². The van der Waals surface area contributed by atoms with Gasteiger partial charge in [0.25, 0.3) is 0 Å². The van der Waals surface area contributed by atoms with Crippen molar-refractivity contribution in [2.75, 3.05) is 68.0 Å². The van der Waals surface area contributed by atoms with E-state index >= 15 is 0 Å². The molecule has 11 N–H and O–H groups in total. The summed E-state index contributed by atoms with van der Waals surface area (Å²) in [7, 11) is 8.66. The minimum absolute atomic E-state index is 0.0381. The molecule has 5 atom stereocenters. The van der Waals surface area contributed by atoms with E-state index in [2.05, 4.69) is 53.2 Å². The summed E-state index contributed by atoms with van der Waals surface area (Å²) >= 11 is 0. The van der Waals surface area contributed by atoms with E-state index in [0.717, 1.165) is 22.3 Å². The average Bonchev–Trinajstić information content (AvgIpc) is 3.18. The zero-order valence-corrected chi connectivity index (χ0v) is 33.8. The molecule has 2 aromatic rings. The van der Waals surface area contributed by atoms with Crippen LogP contribution in [0.3, 0.4) is 0 Å². The highest BCUT2D eigenvalue weighted by atomic mass is 16.3. The number of carbonyl (C=O) groups is 5. The number of rotatable bonds is 20. The number of hydrogen-bond donors (Lipinski definition) is 11. The van der Waals surface area contributed by atoms with Crippen LogP contribution in [0.5, 0.6) is 5.75 Å². The Bertz CT molecular complexity index is 1610. The number of unbranched alkanes of at least 4 members (excludes halogenated alkanes) is 1. The fraction of sp³-hybridized carbons (Fsp3) is 0.575. The minimum atomic E-state index is -1.03. The van der Waals surface area contributed by atoms with Crippen LogP contribution in [0.25, 0.3) is 11.1 Å². The van der Waals surface area contributed by atoms with Crippen LogP contribution in [-0.2, 0) is 36.8 Å². The Hall–Kier alpha value is -4.61. The number of benzene rings is 2. The second-order valence-electron chi connectivity index (χ2n) is 14.2. The van der Waals surface area contributed by atoms with Gasteiger partial charge in [0.15, 0.2) is 0 Å². The first-order valence-electron chi connectivity index (χ1n) is 19.6. The van der Waals surface area contributed by atoms with Crippen molar-refractivity contribution in [2.45, 2.75) is 82.1 Å². The lowest BCUT2D eigenvalue weighted by molar-refractivity contribution is -0.132. The molecule has 0 unspecified atom stereocenters. The van der Waals surface area contributed by atoms with Gasteiger partial charge < -0.3 is 58.3 Å². The number of likely N-dealkylation sites (N-methyl/N-ethyl adjacent to an activating group) is 4. The van der Waals surface area contributed by atoms with E-state index in [1.54, 1.807) is 40.3 Å². The van der Waals surface area contributed by atoms with Gasteiger partial charge in [-0.05, 0) is 121 Å². The maximum Gasteiger partial charge on any atom is 0.243 e. The molecule has 0 radical (unpaired) electrons. The standard InChI is InChI=1S/C40H64N10O6/c1-25-12-13-26-20-28(25)22-33(37(53)48-24-34(45-6)38(54)46-17-8-7-10-30(43-4)36(52)47-19-18-42-3)50-39(55)31(11-9-16-41-2)49-40(56)32(44-5)23-29-21-27(26)14-15-35(29)51/h12-15,20-21,30-34,41-45,51H,7-11,16-19,22-24H2,1-6H3,(H,46,54)(H,47,52)(H,48,53)(H,49,56)(H,50,55)/t30-,31-,32-,33-,34-/m0/s1. The Balaban J connectivity index is 1.77. The molecule has 0 aliphatic carbocycles. The largest absolute Gasteiger partial charge is 0.508 e. The Morgan fingerprint density at radius 1 is 0.732 bits per heavy atom. The number of hydrogen-bond acceptors (Lipinski definition) is 11. The van der Waals surface area contributed by atoms with E-state index in [1.807, 2.05) is 38.2 Å². The number of carbonyl (C=O) groups excluding carboxylic acids is 5. The molecule has 1 heterocycles. The number of aromatic hydroxyl groups is 1. The Morgan fingerprint density at radius 2 is 1.39 bits per heavy atom. The molecule has 0 spiro atoms. The highest BCUT2D eigenvalue weighted by molar-refractivity contribution is 5.93. The highest BCUT2D eigenvalue weighted by Gasteiger charge is 2.30. The summed E-state index contributed by atoms with van der Waals surface area (Å²) in [5.74, 6) is -1.69.